The van der Waals surface area contributed by atoms with Crippen molar-refractivity contribution >= 4 is 12.2 Å². The summed E-state index contributed by atoms with van der Waals surface area (Å²) in [7, 11) is 0. The molecule has 3 aliphatic rings. The van der Waals surface area contributed by atoms with Gasteiger partial charge in [0.05, 0.1) is 0 Å². The van der Waals surface area contributed by atoms with Gasteiger partial charge in [-0.2, -0.15) is 0 Å². The minimum Gasteiger partial charge on any atom is -1.00 e. The third-order valence-corrected chi connectivity index (χ3v) is 22.9. The molecule has 0 spiro atoms. The molecule has 41 heavy (non-hydrogen) atoms. The van der Waals surface area contributed by atoms with Gasteiger partial charge in [-0.15, -0.1) is 0 Å². The molecule has 0 bridgehead atoms. The molecule has 208 valence electrons. The van der Waals surface area contributed by atoms with Crippen LogP contribution >= 0.6 is 0 Å². The van der Waals surface area contributed by atoms with Gasteiger partial charge >= 0.3 is 240 Å². The average Bonchev–Trinajstić information content (AvgIpc) is 3.49. The van der Waals surface area contributed by atoms with Crippen LogP contribution in [0.1, 0.15) is 67.3 Å². The predicted molar refractivity (Wildman–Crippen MR) is 165 cm³/mol. The SMILES string of the molecule is CCC1=Cc2c(-c3ccccc3)ccc(C)c2[CH]1[Zr+2]1([CH]2C(CC)=Cc3c(-c4ccccc4)ccc(C)c32)[CH2][CH2]1.[Cl-].[Cl-]. The molecule has 0 amide bonds. The minimum absolute atomic E-state index is 0. The Morgan fingerprint density at radius 1 is 0.561 bits per heavy atom. The molecule has 0 N–H and O–H groups in total. The number of rotatable bonds is 6. The number of hydrogen-bond donors (Lipinski definition) is 0. The van der Waals surface area contributed by atoms with Gasteiger partial charge in [0.25, 0.3) is 0 Å². The van der Waals surface area contributed by atoms with Gasteiger partial charge in [-0.1, -0.05) is 0 Å². The molecule has 7 rings (SSSR count). The van der Waals surface area contributed by atoms with Gasteiger partial charge in [0.1, 0.15) is 0 Å². The topological polar surface area (TPSA) is 0 Å². The van der Waals surface area contributed by atoms with Gasteiger partial charge < -0.3 is 24.8 Å². The van der Waals surface area contributed by atoms with Gasteiger partial charge in [0, 0.05) is 0 Å². The standard InChI is InChI=1S/2C18H17.C2H4.2ClH.Zr/c2*1-3-14-11-17-13(2)9-10-16(18(17)12-14)15-7-5-4-6-8-15;1-2;;;/h2*4-12H,3H2,1-2H3;1-2H2;2*1H;/q;;;;;+2/p-2. The van der Waals surface area contributed by atoms with E-state index < -0.39 is 20.3 Å². The molecule has 4 aromatic carbocycles. The Morgan fingerprint density at radius 2 is 0.951 bits per heavy atom. The molecule has 4 aromatic rings. The summed E-state index contributed by atoms with van der Waals surface area (Å²) in [6, 6.07) is 31.7. The number of allylic oxidation sites excluding steroid dienone is 2. The van der Waals surface area contributed by atoms with Crippen LogP contribution in [0.25, 0.3) is 34.4 Å². The van der Waals surface area contributed by atoms with Crippen molar-refractivity contribution in [3.63, 3.8) is 0 Å². The van der Waals surface area contributed by atoms with Gasteiger partial charge in [-0.25, -0.2) is 0 Å². The fourth-order valence-corrected chi connectivity index (χ4v) is 26.3. The first-order valence-electron chi connectivity index (χ1n) is 14.9. The normalized spacial score (nSPS) is 18.5. The summed E-state index contributed by atoms with van der Waals surface area (Å²) >= 11 is -2.71. The second kappa shape index (κ2) is 11.8. The van der Waals surface area contributed by atoms with Crippen LogP contribution in [0.5, 0.6) is 0 Å². The van der Waals surface area contributed by atoms with Crippen molar-refractivity contribution in [2.45, 2.75) is 56.0 Å². The molecule has 2 aliphatic carbocycles. The van der Waals surface area contributed by atoms with E-state index in [-0.39, 0.29) is 24.8 Å². The number of aryl methyl sites for hydroxylation is 2. The molecular weight excluding hydrogens is 619 g/mol. The zero-order valence-electron chi connectivity index (χ0n) is 24.5. The van der Waals surface area contributed by atoms with Crippen LogP contribution in [0.4, 0.5) is 0 Å². The van der Waals surface area contributed by atoms with E-state index in [1.807, 2.05) is 0 Å². The van der Waals surface area contributed by atoms with E-state index in [1.165, 1.54) is 65.6 Å². The van der Waals surface area contributed by atoms with E-state index in [0.717, 1.165) is 0 Å². The molecule has 0 saturated carbocycles. The molecule has 1 aliphatic heterocycles. The fraction of sp³-hybridized carbons (Fsp3) is 0.263. The molecule has 0 aromatic heterocycles. The Bertz CT molecular complexity index is 1520. The molecule has 0 nitrogen and oxygen atoms in total. The Kier molecular flexibility index (Phi) is 8.74. The quantitative estimate of drug-likeness (QED) is 0.273. The Hall–Kier alpha value is -2.18. The largest absolute Gasteiger partial charge is 1.00 e. The maximum Gasteiger partial charge on any atom is -1.00 e. The van der Waals surface area contributed by atoms with Crippen molar-refractivity contribution in [3.05, 3.63) is 129 Å². The molecule has 3 heteroatoms. The van der Waals surface area contributed by atoms with Gasteiger partial charge in [0.15, 0.2) is 0 Å². The second-order valence-electron chi connectivity index (χ2n) is 12.0. The molecule has 2 atom stereocenters. The van der Waals surface area contributed by atoms with E-state index in [9.17, 15) is 0 Å². The summed E-state index contributed by atoms with van der Waals surface area (Å²) in [5, 5.41) is 0. The summed E-state index contributed by atoms with van der Waals surface area (Å²) in [5.74, 6) is 0. The Balaban J connectivity index is 0.00000169. The van der Waals surface area contributed by atoms with Crippen LogP contribution in [0.2, 0.25) is 8.26 Å². The van der Waals surface area contributed by atoms with E-state index in [0.29, 0.717) is 7.25 Å². The maximum atomic E-state index is 2.63. The van der Waals surface area contributed by atoms with Crippen LogP contribution in [-0.2, 0) is 20.3 Å². The smallest absolute Gasteiger partial charge is 1.00 e. The van der Waals surface area contributed by atoms with Crippen molar-refractivity contribution in [3.8, 4) is 22.3 Å². The van der Waals surface area contributed by atoms with Crippen molar-refractivity contribution in [1.29, 1.82) is 0 Å². The van der Waals surface area contributed by atoms with Gasteiger partial charge in [0.2, 0.25) is 0 Å². The summed E-state index contributed by atoms with van der Waals surface area (Å²) in [6.45, 7) is 9.57. The summed E-state index contributed by atoms with van der Waals surface area (Å²) in [5.41, 5.74) is 18.5. The van der Waals surface area contributed by atoms with Crippen LogP contribution in [0.15, 0.2) is 96.1 Å². The number of fused-ring (bicyclic) bond motifs is 2. The Labute approximate surface area is 263 Å². The van der Waals surface area contributed by atoms with Crippen LogP contribution in [0, 0.1) is 13.8 Å². The van der Waals surface area contributed by atoms with Crippen molar-refractivity contribution in [2.24, 2.45) is 0 Å². The summed E-state index contributed by atoms with van der Waals surface area (Å²) < 4.78 is 4.44. The first kappa shape index (κ1) is 30.3. The van der Waals surface area contributed by atoms with E-state index >= 15 is 0 Å². The third-order valence-electron chi connectivity index (χ3n) is 9.95. The van der Waals surface area contributed by atoms with E-state index in [2.05, 4.69) is 125 Å². The van der Waals surface area contributed by atoms with Crippen LogP contribution in [-0.4, -0.2) is 0 Å². The molecular formula is C38H38Cl2Zr. The molecule has 1 saturated heterocycles. The number of hydrogen-bond acceptors (Lipinski definition) is 0. The molecule has 0 radical (unpaired) electrons. The molecule has 1 heterocycles. The number of benzene rings is 4. The van der Waals surface area contributed by atoms with Gasteiger partial charge in [-0.05, 0) is 0 Å². The zero-order chi connectivity index (χ0) is 26.7. The second-order valence-corrected chi connectivity index (χ2v) is 23.4. The van der Waals surface area contributed by atoms with Gasteiger partial charge in [-0.3, -0.25) is 0 Å². The third kappa shape index (κ3) is 4.77. The monoisotopic (exact) mass is 654 g/mol. The zero-order valence-corrected chi connectivity index (χ0v) is 28.4. The van der Waals surface area contributed by atoms with Crippen molar-refractivity contribution in [1.82, 2.24) is 0 Å². The van der Waals surface area contributed by atoms with E-state index in [1.54, 1.807) is 22.3 Å². The van der Waals surface area contributed by atoms with Crippen LogP contribution < -0.4 is 24.8 Å². The summed E-state index contributed by atoms with van der Waals surface area (Å²) in [4.78, 5) is 0. The maximum absolute atomic E-state index is 2.71. The van der Waals surface area contributed by atoms with E-state index in [4.69, 9.17) is 0 Å². The molecule has 2 unspecified atom stereocenters. The number of halogens is 2. The van der Waals surface area contributed by atoms with Crippen LogP contribution in [0.3, 0.4) is 0 Å². The Morgan fingerprint density at radius 3 is 1.29 bits per heavy atom. The summed E-state index contributed by atoms with van der Waals surface area (Å²) in [6.07, 6.45) is 7.59. The predicted octanol–water partition coefficient (Wildman–Crippen LogP) is 5.05. The fourth-order valence-electron chi connectivity index (χ4n) is 8.03. The first-order chi connectivity index (χ1) is 19.1. The van der Waals surface area contributed by atoms with Crippen molar-refractivity contribution in [2.75, 3.05) is 0 Å². The first-order valence-corrected chi connectivity index (χ1v) is 21.2. The average molecular weight is 657 g/mol. The molecule has 1 fully saturated rings. The minimum atomic E-state index is -2.71. The van der Waals surface area contributed by atoms with Crippen molar-refractivity contribution < 1.29 is 45.1 Å².